The van der Waals surface area contributed by atoms with E-state index < -0.39 is 33.2 Å². The Morgan fingerprint density at radius 1 is 1.07 bits per heavy atom. The third-order valence-electron chi connectivity index (χ3n) is 4.28. The Kier molecular flexibility index (Phi) is 6.38. The van der Waals surface area contributed by atoms with Crippen LogP contribution in [0.1, 0.15) is 10.4 Å². The highest BCUT2D eigenvalue weighted by molar-refractivity contribution is 7.93. The summed E-state index contributed by atoms with van der Waals surface area (Å²) >= 11 is 5.81. The summed E-state index contributed by atoms with van der Waals surface area (Å²) < 4.78 is 32.5. The number of ether oxygens (including phenoxy) is 1. The largest absolute Gasteiger partial charge is 0.465 e. The lowest BCUT2D eigenvalue weighted by atomic mass is 10.1. The van der Waals surface area contributed by atoms with E-state index in [-0.39, 0.29) is 6.54 Å². The number of benzene rings is 2. The Balaban J connectivity index is 1.69. The fourth-order valence-electron chi connectivity index (χ4n) is 2.79. The topological polar surface area (TPSA) is 126 Å². The number of hydrogen-bond donors (Lipinski definition) is 4. The molecule has 2 aromatic rings. The molecule has 4 N–H and O–H groups in total. The van der Waals surface area contributed by atoms with E-state index in [0.717, 1.165) is 0 Å². The van der Waals surface area contributed by atoms with Crippen molar-refractivity contribution in [3.8, 4) is 0 Å². The summed E-state index contributed by atoms with van der Waals surface area (Å²) in [5.41, 5.74) is 6.43. The van der Waals surface area contributed by atoms with E-state index in [1.807, 2.05) is 0 Å². The first kappa shape index (κ1) is 21.1. The number of hydrazine groups is 1. The van der Waals surface area contributed by atoms with Crippen LogP contribution in [0, 0.1) is 5.92 Å². The lowest BCUT2D eigenvalue weighted by molar-refractivity contribution is -0.119. The fraction of sp³-hybridized carbons (Fsp3) is 0.222. The molecule has 154 valence electrons. The predicted octanol–water partition coefficient (Wildman–Crippen LogP) is 1.56. The van der Waals surface area contributed by atoms with Gasteiger partial charge in [0.2, 0.25) is 5.91 Å². The van der Waals surface area contributed by atoms with Gasteiger partial charge >= 0.3 is 5.97 Å². The summed E-state index contributed by atoms with van der Waals surface area (Å²) in [4.78, 5) is 24.1. The van der Waals surface area contributed by atoms with Crippen LogP contribution in [0.2, 0.25) is 5.02 Å². The Bertz CT molecular complexity index is 996. The van der Waals surface area contributed by atoms with Crippen LogP contribution in [0.3, 0.4) is 0 Å². The number of anilines is 2. The second kappa shape index (κ2) is 8.78. The molecule has 1 saturated heterocycles. The smallest absolute Gasteiger partial charge is 0.337 e. The van der Waals surface area contributed by atoms with Crippen molar-refractivity contribution < 1.29 is 22.7 Å². The van der Waals surface area contributed by atoms with Crippen LogP contribution in [-0.4, -0.2) is 39.3 Å². The molecular weight excluding hydrogens is 420 g/mol. The highest BCUT2D eigenvalue weighted by Crippen LogP contribution is 2.21. The van der Waals surface area contributed by atoms with Crippen molar-refractivity contribution in [2.24, 2.45) is 5.92 Å². The molecule has 9 nitrogen and oxygen atoms in total. The zero-order valence-corrected chi connectivity index (χ0v) is 16.9. The van der Waals surface area contributed by atoms with Crippen LogP contribution in [0.4, 0.5) is 11.4 Å². The summed E-state index contributed by atoms with van der Waals surface area (Å²) in [6, 6.07) is 12.3. The number of carbonyl (C=O) groups is 2. The summed E-state index contributed by atoms with van der Waals surface area (Å²) in [5.74, 6) is -1.87. The van der Waals surface area contributed by atoms with E-state index in [4.69, 9.17) is 11.6 Å². The summed E-state index contributed by atoms with van der Waals surface area (Å²) in [6.45, 7) is 0.123. The normalized spacial score (nSPS) is 18.8. The molecule has 0 spiro atoms. The Morgan fingerprint density at radius 2 is 1.69 bits per heavy atom. The van der Waals surface area contributed by atoms with Crippen LogP contribution in [0.15, 0.2) is 48.5 Å². The molecule has 1 heterocycles. The number of hydrogen-bond acceptors (Lipinski definition) is 7. The van der Waals surface area contributed by atoms with Gasteiger partial charge in [0.25, 0.3) is 10.0 Å². The molecule has 0 saturated carbocycles. The van der Waals surface area contributed by atoms with E-state index >= 15 is 0 Å². The highest BCUT2D eigenvalue weighted by atomic mass is 35.5. The van der Waals surface area contributed by atoms with E-state index in [1.54, 1.807) is 12.1 Å². The third kappa shape index (κ3) is 5.04. The highest BCUT2D eigenvalue weighted by Gasteiger charge is 2.41. The van der Waals surface area contributed by atoms with Crippen LogP contribution in [0.5, 0.6) is 0 Å². The minimum atomic E-state index is -3.92. The fourth-order valence-corrected chi connectivity index (χ4v) is 4.40. The van der Waals surface area contributed by atoms with Gasteiger partial charge in [-0.05, 0) is 48.5 Å². The quantitative estimate of drug-likeness (QED) is 0.504. The van der Waals surface area contributed by atoms with Crippen molar-refractivity contribution in [1.29, 1.82) is 0 Å². The van der Waals surface area contributed by atoms with Crippen LogP contribution < -0.4 is 20.9 Å². The number of halogens is 1. The first-order valence-corrected chi connectivity index (χ1v) is 10.5. The van der Waals surface area contributed by atoms with Gasteiger partial charge < -0.3 is 10.1 Å². The average Bonchev–Trinajstić information content (AvgIpc) is 3.21. The molecule has 1 aliphatic heterocycles. The molecule has 0 aliphatic carbocycles. The van der Waals surface area contributed by atoms with Gasteiger partial charge in [0, 0.05) is 22.9 Å². The molecule has 0 bridgehead atoms. The van der Waals surface area contributed by atoms with Crippen molar-refractivity contribution in [3.05, 3.63) is 59.1 Å². The molecule has 2 unspecified atom stereocenters. The van der Waals surface area contributed by atoms with Crippen LogP contribution in [0.25, 0.3) is 0 Å². The minimum Gasteiger partial charge on any atom is -0.465 e. The van der Waals surface area contributed by atoms with Gasteiger partial charge in [-0.25, -0.2) is 18.6 Å². The maximum Gasteiger partial charge on any atom is 0.337 e. The van der Waals surface area contributed by atoms with Crippen molar-refractivity contribution in [2.45, 2.75) is 5.37 Å². The maximum atomic E-state index is 12.7. The number of rotatable bonds is 6. The molecule has 0 aromatic heterocycles. The second-order valence-corrected chi connectivity index (χ2v) is 8.50. The number of methoxy groups -OCH3 is 1. The SMILES string of the molecule is COC(=O)c1ccc(NC(=O)C2CNNC2S(=O)(=O)Nc2ccc(Cl)cc2)cc1. The van der Waals surface area contributed by atoms with E-state index in [9.17, 15) is 18.0 Å². The number of carbonyl (C=O) groups excluding carboxylic acids is 2. The summed E-state index contributed by atoms with van der Waals surface area (Å²) in [6.07, 6.45) is 0. The predicted molar refractivity (Wildman–Crippen MR) is 109 cm³/mol. The summed E-state index contributed by atoms with van der Waals surface area (Å²) in [5, 5.41) is 1.95. The minimum absolute atomic E-state index is 0.123. The molecule has 3 rings (SSSR count). The zero-order valence-electron chi connectivity index (χ0n) is 15.3. The monoisotopic (exact) mass is 438 g/mol. The first-order chi connectivity index (χ1) is 13.8. The van der Waals surface area contributed by atoms with Gasteiger partial charge in [-0.1, -0.05) is 11.6 Å². The zero-order chi connectivity index (χ0) is 21.0. The Labute approximate surface area is 172 Å². The van der Waals surface area contributed by atoms with Crippen LogP contribution in [-0.2, 0) is 19.6 Å². The number of nitrogens with one attached hydrogen (secondary N) is 4. The van der Waals surface area contributed by atoms with Gasteiger partial charge in [0.15, 0.2) is 5.37 Å². The molecule has 29 heavy (non-hydrogen) atoms. The lowest BCUT2D eigenvalue weighted by Crippen LogP contribution is -2.45. The first-order valence-electron chi connectivity index (χ1n) is 8.55. The third-order valence-corrected chi connectivity index (χ3v) is 6.17. The maximum absolute atomic E-state index is 12.7. The van der Waals surface area contributed by atoms with Gasteiger partial charge in [-0.2, -0.15) is 0 Å². The molecule has 2 aromatic carbocycles. The van der Waals surface area contributed by atoms with E-state index in [2.05, 4.69) is 25.6 Å². The molecule has 1 amide bonds. The van der Waals surface area contributed by atoms with Gasteiger partial charge in [0.1, 0.15) is 0 Å². The van der Waals surface area contributed by atoms with Gasteiger partial charge in [-0.15, -0.1) is 0 Å². The van der Waals surface area contributed by atoms with Crippen LogP contribution >= 0.6 is 11.6 Å². The Morgan fingerprint density at radius 3 is 2.31 bits per heavy atom. The van der Waals surface area contributed by atoms with Crippen molar-refractivity contribution in [2.75, 3.05) is 23.7 Å². The molecule has 0 radical (unpaired) electrons. The molecule has 1 fully saturated rings. The van der Waals surface area contributed by atoms with Crippen molar-refractivity contribution >= 4 is 44.9 Å². The standard InChI is InChI=1S/C18H19ClN4O5S/c1-28-18(25)11-2-6-13(7-3-11)21-16(24)15-10-20-22-17(15)29(26,27)23-14-8-4-12(19)5-9-14/h2-9,15,17,20,22-23H,10H2,1H3,(H,21,24). The molecule has 2 atom stereocenters. The Hall–Kier alpha value is -2.66. The van der Waals surface area contributed by atoms with Gasteiger partial charge in [0.05, 0.1) is 18.6 Å². The van der Waals surface area contributed by atoms with Crippen molar-refractivity contribution in [1.82, 2.24) is 10.9 Å². The van der Waals surface area contributed by atoms with E-state index in [0.29, 0.717) is 22.0 Å². The van der Waals surface area contributed by atoms with Crippen molar-refractivity contribution in [3.63, 3.8) is 0 Å². The lowest BCUT2D eigenvalue weighted by Gasteiger charge is -2.19. The number of esters is 1. The molecular formula is C18H19ClN4O5S. The van der Waals surface area contributed by atoms with E-state index in [1.165, 1.54) is 43.5 Å². The molecule has 11 heteroatoms. The molecule has 1 aliphatic rings. The number of sulfonamides is 1. The van der Waals surface area contributed by atoms with Gasteiger partial charge in [-0.3, -0.25) is 14.9 Å². The number of amides is 1. The average molecular weight is 439 g/mol. The second-order valence-electron chi connectivity index (χ2n) is 6.26. The summed E-state index contributed by atoms with van der Waals surface area (Å²) in [7, 11) is -2.65.